The number of hydrogen-bond acceptors (Lipinski definition) is 10. The summed E-state index contributed by atoms with van der Waals surface area (Å²) < 4.78 is 11.7. The van der Waals surface area contributed by atoms with Gasteiger partial charge < -0.3 is 47.1 Å². The standard InChI is InChI=1S/C38H67N7O8/c1-5-7-9-14-18-31-24(3)38(51)45(4)30(17-8-6-2)36(49)44-33(25-15-12-10-11-13-16-25)37(50)42-28(21-39)35(48)43-29(23-52-27-19-26(40)20-27)34(47)41-22-32(46)53-31/h24-31,33H,5-23,39-40H2,1-4H3,(H,41,47)(H,42,50)(H,43,48)(H,44,49)/t24-,26-,27-,28+,29+,30+,31-,33+/m1/s1. The van der Waals surface area contributed by atoms with Crippen LogP contribution in [0.15, 0.2) is 0 Å². The van der Waals surface area contributed by atoms with E-state index in [0.717, 1.165) is 57.8 Å². The van der Waals surface area contributed by atoms with Crippen molar-refractivity contribution in [2.45, 2.75) is 166 Å². The van der Waals surface area contributed by atoms with Crippen LogP contribution >= 0.6 is 0 Å². The molecule has 1 aliphatic heterocycles. The average Bonchev–Trinajstić information content (AvgIpc) is 3.42. The molecule has 302 valence electrons. The fourth-order valence-electron chi connectivity index (χ4n) is 7.42. The highest BCUT2D eigenvalue weighted by molar-refractivity contribution is 5.96. The molecule has 8 N–H and O–H groups in total. The number of ether oxygens (including phenoxy) is 2. The first kappa shape index (κ1) is 44.1. The molecule has 15 heteroatoms. The molecule has 1 heterocycles. The highest BCUT2D eigenvalue weighted by Gasteiger charge is 2.39. The maximum atomic E-state index is 14.2. The van der Waals surface area contributed by atoms with Crippen LogP contribution in [0.4, 0.5) is 0 Å². The zero-order valence-electron chi connectivity index (χ0n) is 32.5. The van der Waals surface area contributed by atoms with Gasteiger partial charge in [-0.25, -0.2) is 0 Å². The van der Waals surface area contributed by atoms with Gasteiger partial charge >= 0.3 is 5.97 Å². The van der Waals surface area contributed by atoms with E-state index in [-0.39, 0.29) is 37.1 Å². The molecule has 3 aliphatic rings. The van der Waals surface area contributed by atoms with E-state index in [1.165, 1.54) is 4.90 Å². The number of carbonyl (C=O) groups is 6. The molecule has 0 aromatic heterocycles. The molecule has 0 bridgehead atoms. The molecule has 1 saturated heterocycles. The maximum Gasteiger partial charge on any atom is 0.325 e. The molecule has 6 atom stereocenters. The Hall–Kier alpha value is -3.30. The smallest absolute Gasteiger partial charge is 0.325 e. The summed E-state index contributed by atoms with van der Waals surface area (Å²) in [6.45, 7) is 4.78. The summed E-state index contributed by atoms with van der Waals surface area (Å²) in [6, 6.07) is -4.33. The number of esters is 1. The van der Waals surface area contributed by atoms with Gasteiger partial charge in [0, 0.05) is 19.6 Å². The Bertz CT molecular complexity index is 1210. The third-order valence-electron chi connectivity index (χ3n) is 11.0. The van der Waals surface area contributed by atoms with E-state index in [2.05, 4.69) is 28.2 Å². The quantitative estimate of drug-likeness (QED) is 0.0905. The van der Waals surface area contributed by atoms with Crippen molar-refractivity contribution in [3.05, 3.63) is 0 Å². The number of nitrogens with two attached hydrogens (primary N) is 2. The van der Waals surface area contributed by atoms with Gasteiger partial charge in [0.2, 0.25) is 29.5 Å². The van der Waals surface area contributed by atoms with Gasteiger partial charge in [-0.05, 0) is 50.9 Å². The van der Waals surface area contributed by atoms with E-state index in [9.17, 15) is 28.8 Å². The lowest BCUT2D eigenvalue weighted by Crippen LogP contribution is -2.62. The van der Waals surface area contributed by atoms with Crippen LogP contribution in [0.3, 0.4) is 0 Å². The molecule has 3 rings (SSSR count). The predicted molar refractivity (Wildman–Crippen MR) is 200 cm³/mol. The molecule has 53 heavy (non-hydrogen) atoms. The third kappa shape index (κ3) is 13.8. The van der Waals surface area contributed by atoms with Gasteiger partial charge in [0.05, 0.1) is 18.6 Å². The summed E-state index contributed by atoms with van der Waals surface area (Å²) >= 11 is 0. The van der Waals surface area contributed by atoms with Crippen molar-refractivity contribution >= 4 is 35.5 Å². The lowest BCUT2D eigenvalue weighted by molar-refractivity contribution is -0.157. The first-order valence-corrected chi connectivity index (χ1v) is 20.1. The van der Waals surface area contributed by atoms with Crippen LogP contribution in [-0.2, 0) is 38.2 Å². The maximum absolute atomic E-state index is 14.2. The summed E-state index contributed by atoms with van der Waals surface area (Å²) in [4.78, 5) is 84.1. The normalized spacial score (nSPS) is 30.7. The molecule has 2 saturated carbocycles. The van der Waals surface area contributed by atoms with E-state index in [4.69, 9.17) is 20.9 Å². The Morgan fingerprint density at radius 1 is 0.792 bits per heavy atom. The first-order chi connectivity index (χ1) is 25.4. The highest BCUT2D eigenvalue weighted by Crippen LogP contribution is 2.27. The number of unbranched alkanes of at least 4 members (excludes halogenated alkanes) is 4. The van der Waals surface area contributed by atoms with Crippen molar-refractivity contribution < 1.29 is 38.2 Å². The van der Waals surface area contributed by atoms with Crippen LogP contribution < -0.4 is 32.7 Å². The van der Waals surface area contributed by atoms with Crippen LogP contribution in [0.25, 0.3) is 0 Å². The number of nitrogens with zero attached hydrogens (tertiary/aromatic N) is 1. The van der Waals surface area contributed by atoms with E-state index < -0.39 is 72.3 Å². The lowest BCUT2D eigenvalue weighted by Gasteiger charge is -2.34. The summed E-state index contributed by atoms with van der Waals surface area (Å²) in [5.74, 6) is -4.52. The van der Waals surface area contributed by atoms with Crippen molar-refractivity contribution in [2.24, 2.45) is 23.3 Å². The number of amides is 5. The molecule has 0 aromatic carbocycles. The second kappa shape index (κ2) is 22.8. The molecule has 5 amide bonds. The van der Waals surface area contributed by atoms with Crippen LogP contribution in [0.1, 0.15) is 124 Å². The number of cyclic esters (lactones) is 1. The Balaban J connectivity index is 1.99. The van der Waals surface area contributed by atoms with Crippen molar-refractivity contribution in [1.82, 2.24) is 26.2 Å². The minimum atomic E-state index is -1.23. The second-order valence-corrected chi connectivity index (χ2v) is 15.3. The summed E-state index contributed by atoms with van der Waals surface area (Å²) in [5, 5.41) is 10.9. The van der Waals surface area contributed by atoms with E-state index in [1.807, 2.05) is 6.92 Å². The Labute approximate surface area is 315 Å². The van der Waals surface area contributed by atoms with Crippen molar-refractivity contribution in [3.8, 4) is 0 Å². The van der Waals surface area contributed by atoms with Gasteiger partial charge in [0.1, 0.15) is 36.8 Å². The second-order valence-electron chi connectivity index (χ2n) is 15.3. The zero-order valence-corrected chi connectivity index (χ0v) is 32.5. The Morgan fingerprint density at radius 2 is 1.45 bits per heavy atom. The fraction of sp³-hybridized carbons (Fsp3) is 0.842. The summed E-state index contributed by atoms with van der Waals surface area (Å²) in [5.41, 5.74) is 11.9. The Morgan fingerprint density at radius 3 is 2.08 bits per heavy atom. The molecular formula is C38H67N7O8. The zero-order chi connectivity index (χ0) is 38.9. The minimum Gasteiger partial charge on any atom is -0.460 e. The minimum absolute atomic E-state index is 0.00249. The van der Waals surface area contributed by atoms with Gasteiger partial charge in [-0.1, -0.05) is 78.6 Å². The molecule has 2 aliphatic carbocycles. The number of rotatable bonds is 13. The monoisotopic (exact) mass is 750 g/mol. The van der Waals surface area contributed by atoms with Crippen molar-refractivity contribution in [3.63, 3.8) is 0 Å². The largest absolute Gasteiger partial charge is 0.460 e. The number of likely N-dealkylation sites (N-methyl/N-ethyl adjacent to an activating group) is 1. The average molecular weight is 750 g/mol. The molecule has 0 aromatic rings. The summed E-state index contributed by atoms with van der Waals surface area (Å²) in [7, 11) is 1.58. The third-order valence-corrected chi connectivity index (χ3v) is 11.0. The fourth-order valence-corrected chi connectivity index (χ4v) is 7.42. The predicted octanol–water partition coefficient (Wildman–Crippen LogP) is 1.54. The van der Waals surface area contributed by atoms with Crippen molar-refractivity contribution in [2.75, 3.05) is 26.7 Å². The van der Waals surface area contributed by atoms with Gasteiger partial charge in [0.15, 0.2) is 0 Å². The molecule has 0 unspecified atom stereocenters. The van der Waals surface area contributed by atoms with Gasteiger partial charge in [-0.15, -0.1) is 0 Å². The number of hydrogen-bond donors (Lipinski definition) is 6. The van der Waals surface area contributed by atoms with Gasteiger partial charge in [-0.2, -0.15) is 0 Å². The topological polar surface area (TPSA) is 224 Å². The molecule has 0 radical (unpaired) electrons. The van der Waals surface area contributed by atoms with Crippen molar-refractivity contribution in [1.29, 1.82) is 0 Å². The van der Waals surface area contributed by atoms with Crippen LogP contribution in [-0.4, -0.2) is 110 Å². The van der Waals surface area contributed by atoms with Crippen LogP contribution in [0.5, 0.6) is 0 Å². The molecule has 3 fully saturated rings. The first-order valence-electron chi connectivity index (χ1n) is 20.1. The number of carbonyl (C=O) groups excluding carboxylic acids is 6. The molecule has 15 nitrogen and oxygen atoms in total. The van der Waals surface area contributed by atoms with E-state index in [0.29, 0.717) is 44.9 Å². The van der Waals surface area contributed by atoms with Gasteiger partial charge in [-0.3, -0.25) is 28.8 Å². The molecule has 0 spiro atoms. The Kier molecular flexibility index (Phi) is 19.0. The van der Waals surface area contributed by atoms with Crippen LogP contribution in [0, 0.1) is 11.8 Å². The molecular weight excluding hydrogens is 682 g/mol. The van der Waals surface area contributed by atoms with Crippen LogP contribution in [0.2, 0.25) is 0 Å². The summed E-state index contributed by atoms with van der Waals surface area (Å²) in [6.07, 6.45) is 11.3. The lowest BCUT2D eigenvalue weighted by atomic mass is 9.90. The van der Waals surface area contributed by atoms with E-state index >= 15 is 0 Å². The highest BCUT2D eigenvalue weighted by atomic mass is 16.5. The SMILES string of the molecule is CCCCCC[C@H]1OC(=O)CNC(=O)[C@H](CO[C@H]2C[C@H](N)C2)NC(=O)[C@H](CN)NC(=O)[C@H](C2CCCCCC2)NC(=O)[C@H](CCCC)N(C)C(=O)[C@@H]1C. The van der Waals surface area contributed by atoms with Gasteiger partial charge in [0.25, 0.3) is 0 Å². The van der Waals surface area contributed by atoms with E-state index in [1.54, 1.807) is 14.0 Å². The number of nitrogens with one attached hydrogen (secondary N) is 4.